The normalized spacial score (nSPS) is 16.0. The predicted octanol–water partition coefficient (Wildman–Crippen LogP) is 1.38. The van der Waals surface area contributed by atoms with E-state index in [9.17, 15) is 39.9 Å². The number of halogens is 3. The number of phenols is 1. The quantitative estimate of drug-likeness (QED) is 0.457. The van der Waals surface area contributed by atoms with Crippen LogP contribution in [0, 0.1) is 0 Å². The van der Waals surface area contributed by atoms with Gasteiger partial charge >= 0.3 is 16.6 Å². The molecule has 15 heteroatoms. The highest BCUT2D eigenvalue weighted by Gasteiger charge is 2.35. The molecule has 1 heterocycles. The van der Waals surface area contributed by atoms with Gasteiger partial charge in [0, 0.05) is 6.54 Å². The van der Waals surface area contributed by atoms with Crippen LogP contribution in [0.3, 0.4) is 0 Å². The summed E-state index contributed by atoms with van der Waals surface area (Å²) >= 11 is 0. The smallest absolute Gasteiger partial charge is 0.506 e. The van der Waals surface area contributed by atoms with Crippen molar-refractivity contribution in [2.75, 3.05) is 17.4 Å². The van der Waals surface area contributed by atoms with Crippen LogP contribution < -0.4 is 18.5 Å². The minimum Gasteiger partial charge on any atom is -0.506 e. The van der Waals surface area contributed by atoms with E-state index in [-0.39, 0.29) is 22.9 Å². The third-order valence-corrected chi connectivity index (χ3v) is 7.30. The number of anilines is 1. The highest BCUT2D eigenvalue weighted by Crippen LogP contribution is 2.31. The van der Waals surface area contributed by atoms with Gasteiger partial charge in [-0.1, -0.05) is 6.07 Å². The fraction of sp³-hybridized carbons (Fsp3) is 0.278. The second-order valence-corrected chi connectivity index (χ2v) is 10.2. The summed E-state index contributed by atoms with van der Waals surface area (Å²) in [5.74, 6) is -1.64. The molecule has 0 radical (unpaired) electrons. The van der Waals surface area contributed by atoms with E-state index >= 15 is 0 Å². The Morgan fingerprint density at radius 3 is 2.36 bits per heavy atom. The largest absolute Gasteiger partial charge is 0.573 e. The molecule has 180 valence electrons. The van der Waals surface area contributed by atoms with Gasteiger partial charge in [0.1, 0.15) is 18.0 Å². The number of carbonyl (C=O) groups excluding carboxylic acids is 1. The van der Waals surface area contributed by atoms with Crippen molar-refractivity contribution in [3.8, 4) is 11.5 Å². The number of sulfonamides is 1. The highest BCUT2D eigenvalue weighted by molar-refractivity contribution is 7.92. The van der Waals surface area contributed by atoms with Crippen molar-refractivity contribution in [3.63, 3.8) is 0 Å². The molecule has 3 N–H and O–H groups in total. The number of aryl methyl sites for hydroxylation is 1. The van der Waals surface area contributed by atoms with Crippen LogP contribution >= 0.6 is 0 Å². The average molecular weight is 509 g/mol. The van der Waals surface area contributed by atoms with E-state index in [0.29, 0.717) is 18.4 Å². The van der Waals surface area contributed by atoms with E-state index in [1.807, 2.05) is 0 Å². The van der Waals surface area contributed by atoms with Crippen molar-refractivity contribution >= 4 is 31.8 Å². The van der Waals surface area contributed by atoms with Crippen LogP contribution in [0.5, 0.6) is 11.5 Å². The minimum atomic E-state index is -4.89. The number of nitrogens with one attached hydrogen (secondary N) is 2. The third kappa shape index (κ3) is 6.27. The first kappa shape index (κ1) is 24.6. The van der Waals surface area contributed by atoms with E-state index in [1.54, 1.807) is 4.72 Å². The number of aromatic hydroxyl groups is 1. The minimum absolute atomic E-state index is 0.00935. The first-order chi connectivity index (χ1) is 15.3. The molecule has 0 aromatic heterocycles. The summed E-state index contributed by atoms with van der Waals surface area (Å²) in [6.45, 7) is -0.467. The summed E-state index contributed by atoms with van der Waals surface area (Å²) < 4.78 is 93.3. The zero-order chi connectivity index (χ0) is 24.4. The summed E-state index contributed by atoms with van der Waals surface area (Å²) in [5.41, 5.74) is 0.510. The van der Waals surface area contributed by atoms with Gasteiger partial charge in [0.25, 0.3) is 5.91 Å². The maximum absolute atomic E-state index is 12.3. The number of carbonyl (C=O) groups is 1. The van der Waals surface area contributed by atoms with Crippen molar-refractivity contribution in [1.82, 2.24) is 9.44 Å². The molecule has 0 saturated carbocycles. The molecule has 1 amide bonds. The van der Waals surface area contributed by atoms with Crippen LogP contribution in [-0.4, -0.2) is 47.3 Å². The first-order valence-electron chi connectivity index (χ1n) is 9.27. The number of ether oxygens (including phenoxy) is 1. The van der Waals surface area contributed by atoms with Crippen LogP contribution in [0.4, 0.5) is 18.9 Å². The van der Waals surface area contributed by atoms with Crippen molar-refractivity contribution < 1.29 is 44.6 Å². The summed E-state index contributed by atoms with van der Waals surface area (Å²) in [4.78, 5) is 11.1. The third-order valence-electron chi connectivity index (χ3n) is 4.43. The number of hydrogen-bond acceptors (Lipinski definition) is 7. The van der Waals surface area contributed by atoms with E-state index in [2.05, 4.69) is 9.46 Å². The van der Waals surface area contributed by atoms with E-state index in [1.165, 1.54) is 18.2 Å². The van der Waals surface area contributed by atoms with Crippen LogP contribution in [0.1, 0.15) is 12.0 Å². The van der Waals surface area contributed by atoms with E-state index < -0.39 is 44.8 Å². The molecule has 0 atom stereocenters. The molecule has 2 aromatic carbocycles. The number of rotatable bonds is 8. The Labute approximate surface area is 187 Å². The molecule has 1 aliphatic rings. The number of hydrogen-bond donors (Lipinski definition) is 3. The van der Waals surface area contributed by atoms with Crippen molar-refractivity contribution in [2.45, 2.75) is 24.1 Å². The SMILES string of the molecule is O=C1CN(c2ccc(CCCNS(=O)(=O)c3ccc(OC(F)(F)F)cc3)cc2O)S(=O)(=O)N1. The molecule has 2 aromatic rings. The van der Waals surface area contributed by atoms with Gasteiger partial charge in [0.05, 0.1) is 10.6 Å². The van der Waals surface area contributed by atoms with Gasteiger partial charge in [-0.3, -0.25) is 4.79 Å². The summed E-state index contributed by atoms with van der Waals surface area (Å²) in [5, 5.41) is 10.2. The van der Waals surface area contributed by atoms with Gasteiger partial charge in [-0.2, -0.15) is 8.42 Å². The topological polar surface area (TPSA) is 142 Å². The summed E-state index contributed by atoms with van der Waals surface area (Å²) in [7, 11) is -8.03. The van der Waals surface area contributed by atoms with Crippen LogP contribution in [-0.2, 0) is 31.4 Å². The maximum atomic E-state index is 12.3. The molecule has 0 unspecified atom stereocenters. The zero-order valence-corrected chi connectivity index (χ0v) is 18.3. The van der Waals surface area contributed by atoms with Crippen LogP contribution in [0.15, 0.2) is 47.4 Å². The lowest BCUT2D eigenvalue weighted by atomic mass is 10.1. The molecular weight excluding hydrogens is 491 g/mol. The molecule has 3 rings (SSSR count). The Morgan fingerprint density at radius 2 is 1.82 bits per heavy atom. The summed E-state index contributed by atoms with van der Waals surface area (Å²) in [6, 6.07) is 7.89. The van der Waals surface area contributed by atoms with E-state index in [0.717, 1.165) is 28.6 Å². The molecule has 0 aliphatic carbocycles. The van der Waals surface area contributed by atoms with Gasteiger partial charge < -0.3 is 9.84 Å². The second-order valence-electron chi connectivity index (χ2n) is 6.88. The molecule has 0 bridgehead atoms. The lowest BCUT2D eigenvalue weighted by Crippen LogP contribution is -2.29. The molecule has 1 fully saturated rings. The first-order valence-corrected chi connectivity index (χ1v) is 12.2. The number of phenolic OH excluding ortho intramolecular Hbond substituents is 1. The Bertz CT molecular complexity index is 1250. The average Bonchev–Trinajstić information content (AvgIpc) is 2.96. The maximum Gasteiger partial charge on any atom is 0.573 e. The number of alkyl halides is 3. The number of amides is 1. The van der Waals surface area contributed by atoms with Gasteiger partial charge in [-0.05, 0) is 54.8 Å². The lowest BCUT2D eigenvalue weighted by Gasteiger charge is -2.16. The van der Waals surface area contributed by atoms with Crippen LogP contribution in [0.2, 0.25) is 0 Å². The zero-order valence-electron chi connectivity index (χ0n) is 16.7. The second kappa shape index (κ2) is 9.07. The molecule has 1 saturated heterocycles. The Balaban J connectivity index is 1.55. The predicted molar refractivity (Wildman–Crippen MR) is 109 cm³/mol. The lowest BCUT2D eigenvalue weighted by molar-refractivity contribution is -0.274. The molecule has 1 aliphatic heterocycles. The molecule has 33 heavy (non-hydrogen) atoms. The highest BCUT2D eigenvalue weighted by atomic mass is 32.2. The Hall–Kier alpha value is -3.04. The number of nitrogens with zero attached hydrogens (tertiary/aromatic N) is 1. The molecular formula is C18H18F3N3O7S2. The van der Waals surface area contributed by atoms with Gasteiger partial charge in [-0.25, -0.2) is 22.2 Å². The van der Waals surface area contributed by atoms with E-state index in [4.69, 9.17) is 0 Å². The van der Waals surface area contributed by atoms with Crippen molar-refractivity contribution in [1.29, 1.82) is 0 Å². The fourth-order valence-electron chi connectivity index (χ4n) is 3.00. The Kier molecular flexibility index (Phi) is 6.76. The molecule has 0 spiro atoms. The van der Waals surface area contributed by atoms with Crippen LogP contribution in [0.25, 0.3) is 0 Å². The van der Waals surface area contributed by atoms with Crippen molar-refractivity contribution in [3.05, 3.63) is 48.0 Å². The van der Waals surface area contributed by atoms with Crippen molar-refractivity contribution in [2.24, 2.45) is 0 Å². The summed E-state index contributed by atoms with van der Waals surface area (Å²) in [6.07, 6.45) is -4.27. The standard InChI is InChI=1S/C18H18F3N3O7S2/c19-18(20,21)31-13-4-6-14(7-5-13)32(27,28)22-9-1-2-12-3-8-15(16(25)10-12)24-11-17(26)23-33(24,29)30/h3-8,10,22,25H,1-2,9,11H2,(H,23,26). The molecule has 10 nitrogen and oxygen atoms in total. The number of benzene rings is 2. The van der Waals surface area contributed by atoms with Gasteiger partial charge in [0.2, 0.25) is 10.0 Å². The fourth-order valence-corrected chi connectivity index (χ4v) is 5.24. The van der Waals surface area contributed by atoms with Gasteiger partial charge in [-0.15, -0.1) is 13.2 Å². The van der Waals surface area contributed by atoms with Gasteiger partial charge in [0.15, 0.2) is 0 Å². The Morgan fingerprint density at radius 1 is 1.15 bits per heavy atom. The monoisotopic (exact) mass is 509 g/mol.